The third-order valence-electron chi connectivity index (χ3n) is 2.94. The van der Waals surface area contributed by atoms with Gasteiger partial charge in [0.2, 0.25) is 5.91 Å². The second-order valence-corrected chi connectivity index (χ2v) is 4.65. The number of nitrogens with zero attached hydrogens (tertiary/aromatic N) is 1. The van der Waals surface area contributed by atoms with Crippen LogP contribution in [0, 0.1) is 6.92 Å². The topological polar surface area (TPSA) is 81.9 Å². The van der Waals surface area contributed by atoms with Gasteiger partial charge in [-0.25, -0.2) is 5.43 Å². The van der Waals surface area contributed by atoms with Crippen LogP contribution in [-0.2, 0) is 11.2 Å². The fourth-order valence-electron chi connectivity index (χ4n) is 1.92. The number of hydrogen-bond acceptors (Lipinski definition) is 4. The highest BCUT2D eigenvalue weighted by Crippen LogP contribution is 2.24. The molecule has 2 rings (SSSR count). The molecule has 0 bridgehead atoms. The van der Waals surface area contributed by atoms with Crippen LogP contribution in [0.5, 0.6) is 11.5 Å². The predicted octanol–water partition coefficient (Wildman–Crippen LogP) is 2.10. The van der Waals surface area contributed by atoms with E-state index in [1.54, 1.807) is 6.92 Å². The highest BCUT2D eigenvalue weighted by atomic mass is 16.3. The zero-order chi connectivity index (χ0) is 15.2. The van der Waals surface area contributed by atoms with Crippen LogP contribution in [0.4, 0.5) is 0 Å². The van der Waals surface area contributed by atoms with Gasteiger partial charge in [-0.1, -0.05) is 30.3 Å². The number of aromatic hydroxyl groups is 2. The third-order valence-corrected chi connectivity index (χ3v) is 2.94. The molecular weight excluding hydrogens is 268 g/mol. The van der Waals surface area contributed by atoms with E-state index in [9.17, 15) is 15.0 Å². The summed E-state index contributed by atoms with van der Waals surface area (Å²) in [6.07, 6.45) is 1.59. The quantitative estimate of drug-likeness (QED) is 0.594. The summed E-state index contributed by atoms with van der Waals surface area (Å²) in [6.45, 7) is 1.73. The van der Waals surface area contributed by atoms with Crippen LogP contribution in [0.2, 0.25) is 0 Å². The van der Waals surface area contributed by atoms with Gasteiger partial charge >= 0.3 is 0 Å². The molecule has 0 saturated heterocycles. The Morgan fingerprint density at radius 3 is 2.62 bits per heavy atom. The molecule has 0 aromatic heterocycles. The average molecular weight is 284 g/mol. The molecule has 3 N–H and O–H groups in total. The Hall–Kier alpha value is -2.82. The second kappa shape index (κ2) is 6.56. The van der Waals surface area contributed by atoms with Crippen molar-refractivity contribution in [3.63, 3.8) is 0 Å². The molecule has 21 heavy (non-hydrogen) atoms. The summed E-state index contributed by atoms with van der Waals surface area (Å²) in [7, 11) is 0. The van der Waals surface area contributed by atoms with E-state index in [1.165, 1.54) is 18.3 Å². The fraction of sp³-hybridized carbons (Fsp3) is 0.125. The molecule has 0 aliphatic heterocycles. The van der Waals surface area contributed by atoms with Gasteiger partial charge in [0.15, 0.2) is 0 Å². The maximum Gasteiger partial charge on any atom is 0.244 e. The molecule has 0 fully saturated rings. The van der Waals surface area contributed by atoms with Crippen molar-refractivity contribution in [2.45, 2.75) is 13.3 Å². The van der Waals surface area contributed by atoms with Crippen molar-refractivity contribution in [1.29, 1.82) is 0 Å². The monoisotopic (exact) mass is 284 g/mol. The second-order valence-electron chi connectivity index (χ2n) is 4.65. The first-order chi connectivity index (χ1) is 10.1. The Balaban J connectivity index is 1.98. The van der Waals surface area contributed by atoms with E-state index in [4.69, 9.17) is 0 Å². The van der Waals surface area contributed by atoms with E-state index in [-0.39, 0.29) is 23.8 Å². The number of hydrazone groups is 1. The Morgan fingerprint density at radius 2 is 1.95 bits per heavy atom. The lowest BCUT2D eigenvalue weighted by Gasteiger charge is -2.04. The molecule has 0 spiro atoms. The number of phenolic OH excluding ortho intramolecular Hbond substituents is 2. The first-order valence-electron chi connectivity index (χ1n) is 6.44. The van der Waals surface area contributed by atoms with Crippen LogP contribution in [-0.4, -0.2) is 22.3 Å². The van der Waals surface area contributed by atoms with E-state index in [0.29, 0.717) is 11.1 Å². The van der Waals surface area contributed by atoms with E-state index in [1.807, 2.05) is 30.3 Å². The number of amides is 1. The van der Waals surface area contributed by atoms with Gasteiger partial charge in [0.25, 0.3) is 0 Å². The van der Waals surface area contributed by atoms with E-state index < -0.39 is 0 Å². The molecule has 0 aliphatic rings. The SMILES string of the molecule is Cc1cc(O)cc(O)c1/C=N/NC(=O)Cc1ccccc1. The van der Waals surface area contributed by atoms with Crippen LogP contribution >= 0.6 is 0 Å². The van der Waals surface area contributed by atoms with Gasteiger partial charge < -0.3 is 10.2 Å². The molecule has 2 aromatic carbocycles. The lowest BCUT2D eigenvalue weighted by Crippen LogP contribution is -2.19. The maximum atomic E-state index is 11.7. The number of carbonyl (C=O) groups is 1. The van der Waals surface area contributed by atoms with Crippen molar-refractivity contribution >= 4 is 12.1 Å². The molecule has 1 amide bonds. The van der Waals surface area contributed by atoms with E-state index >= 15 is 0 Å². The Morgan fingerprint density at radius 1 is 1.24 bits per heavy atom. The number of nitrogens with one attached hydrogen (secondary N) is 1. The van der Waals surface area contributed by atoms with Crippen LogP contribution < -0.4 is 5.43 Å². The van der Waals surface area contributed by atoms with Gasteiger partial charge in [-0.15, -0.1) is 0 Å². The Labute approximate surface area is 122 Å². The average Bonchev–Trinajstić information content (AvgIpc) is 2.42. The maximum absolute atomic E-state index is 11.7. The molecule has 2 aromatic rings. The number of phenols is 2. The lowest BCUT2D eigenvalue weighted by atomic mass is 10.1. The first-order valence-corrected chi connectivity index (χ1v) is 6.44. The van der Waals surface area contributed by atoms with Crippen molar-refractivity contribution in [3.05, 3.63) is 59.2 Å². The van der Waals surface area contributed by atoms with Crippen LogP contribution in [0.15, 0.2) is 47.6 Å². The molecular formula is C16H16N2O3. The van der Waals surface area contributed by atoms with Gasteiger partial charge in [-0.3, -0.25) is 4.79 Å². The minimum atomic E-state index is -0.242. The highest BCUT2D eigenvalue weighted by Gasteiger charge is 2.05. The minimum Gasteiger partial charge on any atom is -0.508 e. The summed E-state index contributed by atoms with van der Waals surface area (Å²) in [6, 6.07) is 12.1. The summed E-state index contributed by atoms with van der Waals surface area (Å²) >= 11 is 0. The summed E-state index contributed by atoms with van der Waals surface area (Å²) in [5.74, 6) is -0.350. The normalized spacial score (nSPS) is 10.7. The van der Waals surface area contributed by atoms with Gasteiger partial charge in [-0.05, 0) is 24.1 Å². The van der Waals surface area contributed by atoms with Crippen LogP contribution in [0.1, 0.15) is 16.7 Å². The smallest absolute Gasteiger partial charge is 0.244 e. The zero-order valence-electron chi connectivity index (χ0n) is 11.6. The highest BCUT2D eigenvalue weighted by molar-refractivity contribution is 5.87. The largest absolute Gasteiger partial charge is 0.508 e. The summed E-state index contributed by atoms with van der Waals surface area (Å²) in [5.41, 5.74) is 4.42. The van der Waals surface area contributed by atoms with Crippen molar-refractivity contribution in [2.75, 3.05) is 0 Å². The van der Waals surface area contributed by atoms with Gasteiger partial charge in [-0.2, -0.15) is 5.10 Å². The summed E-state index contributed by atoms with van der Waals surface area (Å²) in [4.78, 5) is 11.7. The molecule has 0 aliphatic carbocycles. The van der Waals surface area contributed by atoms with Crippen molar-refractivity contribution < 1.29 is 15.0 Å². The molecule has 0 atom stereocenters. The third kappa shape index (κ3) is 4.07. The molecule has 5 heteroatoms. The molecule has 0 unspecified atom stereocenters. The lowest BCUT2D eigenvalue weighted by molar-refractivity contribution is -0.120. The van der Waals surface area contributed by atoms with Crippen molar-refractivity contribution in [2.24, 2.45) is 5.10 Å². The van der Waals surface area contributed by atoms with Crippen LogP contribution in [0.25, 0.3) is 0 Å². The predicted molar refractivity (Wildman–Crippen MR) is 80.4 cm³/mol. The molecule has 0 radical (unpaired) electrons. The number of aryl methyl sites for hydroxylation is 1. The molecule has 0 saturated carbocycles. The minimum absolute atomic E-state index is 0.0183. The van der Waals surface area contributed by atoms with Crippen molar-refractivity contribution in [3.8, 4) is 11.5 Å². The first kappa shape index (κ1) is 14.6. The van der Waals surface area contributed by atoms with E-state index in [2.05, 4.69) is 10.5 Å². The molecule has 5 nitrogen and oxygen atoms in total. The van der Waals surface area contributed by atoms with E-state index in [0.717, 1.165) is 5.56 Å². The van der Waals surface area contributed by atoms with Crippen LogP contribution in [0.3, 0.4) is 0 Å². The number of benzene rings is 2. The number of hydrogen-bond donors (Lipinski definition) is 3. The zero-order valence-corrected chi connectivity index (χ0v) is 11.6. The summed E-state index contributed by atoms with van der Waals surface area (Å²) in [5, 5.41) is 22.9. The Bertz CT molecular complexity index is 643. The fourth-order valence-corrected chi connectivity index (χ4v) is 1.92. The standard InChI is InChI=1S/C16H16N2O3/c1-11-7-13(19)9-15(20)14(11)10-17-18-16(21)8-12-5-3-2-4-6-12/h2-7,9-10,19-20H,8H2,1H3,(H,18,21)/b17-10+. The molecule has 0 heterocycles. The Kier molecular flexibility index (Phi) is 4.56. The number of carbonyl (C=O) groups excluding carboxylic acids is 1. The molecule has 108 valence electrons. The number of rotatable bonds is 4. The van der Waals surface area contributed by atoms with Gasteiger partial charge in [0.1, 0.15) is 11.5 Å². The van der Waals surface area contributed by atoms with Crippen molar-refractivity contribution in [1.82, 2.24) is 5.43 Å². The van der Waals surface area contributed by atoms with Gasteiger partial charge in [0.05, 0.1) is 12.6 Å². The summed E-state index contributed by atoms with van der Waals surface area (Å²) < 4.78 is 0. The van der Waals surface area contributed by atoms with Gasteiger partial charge in [0, 0.05) is 11.6 Å².